The lowest BCUT2D eigenvalue weighted by molar-refractivity contribution is 0.122. The van der Waals surface area contributed by atoms with Gasteiger partial charge in [0.05, 0.1) is 18.9 Å². The summed E-state index contributed by atoms with van der Waals surface area (Å²) in [5.74, 6) is 2.26. The summed E-state index contributed by atoms with van der Waals surface area (Å²) >= 11 is 0. The molecule has 9 nitrogen and oxygen atoms in total. The Labute approximate surface area is 195 Å². The minimum absolute atomic E-state index is 0.349. The fraction of sp³-hybridized carbons (Fsp3) is 0.240. The molecule has 5 heterocycles. The number of benzene rings is 1. The van der Waals surface area contributed by atoms with Crippen LogP contribution in [0.25, 0.3) is 27.9 Å². The number of rotatable bonds is 5. The van der Waals surface area contributed by atoms with E-state index in [1.165, 1.54) is 0 Å². The van der Waals surface area contributed by atoms with Crippen molar-refractivity contribution in [3.05, 3.63) is 72.2 Å². The summed E-state index contributed by atoms with van der Waals surface area (Å²) in [5.41, 5.74) is 4.48. The minimum atomic E-state index is 0.349. The maximum Gasteiger partial charge on any atom is 0.179 e. The van der Waals surface area contributed by atoms with E-state index in [4.69, 9.17) is 19.2 Å². The molecule has 0 bridgehead atoms. The van der Waals surface area contributed by atoms with E-state index in [0.29, 0.717) is 31.2 Å². The Kier molecular flexibility index (Phi) is 5.23. The SMILES string of the molecule is Cc1c(CN=Nc2cc(N3CCOCC3)n3nc(-c4ccncc4)cc3n2)oc2ccccc12. The van der Waals surface area contributed by atoms with E-state index in [1.807, 2.05) is 53.9 Å². The number of anilines is 1. The van der Waals surface area contributed by atoms with Gasteiger partial charge in [-0.15, -0.1) is 5.11 Å². The maximum absolute atomic E-state index is 5.96. The fourth-order valence-electron chi connectivity index (χ4n) is 4.23. The molecule has 0 N–H and O–H groups in total. The van der Waals surface area contributed by atoms with E-state index in [9.17, 15) is 0 Å². The number of furan rings is 1. The predicted molar refractivity (Wildman–Crippen MR) is 128 cm³/mol. The second-order valence-corrected chi connectivity index (χ2v) is 8.15. The molecule has 0 atom stereocenters. The van der Waals surface area contributed by atoms with Crippen molar-refractivity contribution in [2.24, 2.45) is 10.2 Å². The highest BCUT2D eigenvalue weighted by Gasteiger charge is 2.18. The lowest BCUT2D eigenvalue weighted by Gasteiger charge is -2.28. The van der Waals surface area contributed by atoms with Crippen LogP contribution in [0, 0.1) is 6.92 Å². The molecule has 0 spiro atoms. The highest BCUT2D eigenvalue weighted by Crippen LogP contribution is 2.28. The summed E-state index contributed by atoms with van der Waals surface area (Å²) in [6.45, 7) is 5.29. The number of aryl methyl sites for hydroxylation is 1. The molecule has 1 aromatic carbocycles. The number of fused-ring (bicyclic) bond motifs is 2. The first-order chi connectivity index (χ1) is 16.8. The molecule has 1 aliphatic heterocycles. The third-order valence-electron chi connectivity index (χ3n) is 6.04. The Morgan fingerprint density at radius 1 is 1.03 bits per heavy atom. The van der Waals surface area contributed by atoms with Gasteiger partial charge in [0, 0.05) is 54.1 Å². The standard InChI is InChI=1S/C25H23N7O2/c1-17-19-4-2-3-5-21(19)34-22(17)16-27-29-23-15-25(31-10-12-33-13-11-31)32-24(28-23)14-20(30-32)18-6-8-26-9-7-18/h2-9,14-15H,10-13,16H2,1H3. The average molecular weight is 454 g/mol. The van der Waals surface area contributed by atoms with Gasteiger partial charge in [-0.1, -0.05) is 18.2 Å². The number of para-hydroxylation sites is 1. The van der Waals surface area contributed by atoms with E-state index in [1.54, 1.807) is 12.4 Å². The summed E-state index contributed by atoms with van der Waals surface area (Å²) < 4.78 is 13.4. The molecule has 0 amide bonds. The number of pyridine rings is 1. The van der Waals surface area contributed by atoms with Gasteiger partial charge in [0.1, 0.15) is 23.7 Å². The normalized spacial score (nSPS) is 14.6. The second-order valence-electron chi connectivity index (χ2n) is 8.15. The monoisotopic (exact) mass is 453 g/mol. The van der Waals surface area contributed by atoms with Gasteiger partial charge in [-0.05, 0) is 25.1 Å². The third-order valence-corrected chi connectivity index (χ3v) is 6.04. The average Bonchev–Trinajstić information content (AvgIpc) is 3.46. The van der Waals surface area contributed by atoms with Crippen LogP contribution in [0.5, 0.6) is 0 Å². The van der Waals surface area contributed by atoms with Crippen molar-refractivity contribution >= 4 is 28.3 Å². The van der Waals surface area contributed by atoms with Gasteiger partial charge in [0.2, 0.25) is 0 Å². The van der Waals surface area contributed by atoms with Crippen molar-refractivity contribution in [2.45, 2.75) is 13.5 Å². The molecule has 0 radical (unpaired) electrons. The first-order valence-electron chi connectivity index (χ1n) is 11.2. The van der Waals surface area contributed by atoms with E-state index in [-0.39, 0.29) is 0 Å². The van der Waals surface area contributed by atoms with Crippen LogP contribution in [-0.2, 0) is 11.3 Å². The van der Waals surface area contributed by atoms with Gasteiger partial charge >= 0.3 is 0 Å². The lowest BCUT2D eigenvalue weighted by Crippen LogP contribution is -2.37. The number of aromatic nitrogens is 4. The van der Waals surface area contributed by atoms with Crippen LogP contribution >= 0.6 is 0 Å². The molecule has 4 aromatic heterocycles. The van der Waals surface area contributed by atoms with Crippen LogP contribution in [-0.4, -0.2) is 45.9 Å². The van der Waals surface area contributed by atoms with Crippen molar-refractivity contribution in [3.63, 3.8) is 0 Å². The molecule has 34 heavy (non-hydrogen) atoms. The Bertz CT molecular complexity index is 1480. The Morgan fingerprint density at radius 2 is 1.85 bits per heavy atom. The number of morpholine rings is 1. The van der Waals surface area contributed by atoms with Crippen LogP contribution in [0.3, 0.4) is 0 Å². The van der Waals surface area contributed by atoms with Gasteiger partial charge < -0.3 is 14.1 Å². The molecular weight excluding hydrogens is 430 g/mol. The molecule has 170 valence electrons. The van der Waals surface area contributed by atoms with E-state index < -0.39 is 0 Å². The summed E-state index contributed by atoms with van der Waals surface area (Å²) in [6, 6.07) is 15.8. The number of azo groups is 1. The van der Waals surface area contributed by atoms with E-state index in [2.05, 4.69) is 26.2 Å². The molecule has 1 saturated heterocycles. The molecule has 1 fully saturated rings. The molecule has 0 aliphatic carbocycles. The second kappa shape index (κ2) is 8.68. The van der Waals surface area contributed by atoms with Crippen LogP contribution in [0.2, 0.25) is 0 Å². The Morgan fingerprint density at radius 3 is 2.68 bits per heavy atom. The van der Waals surface area contributed by atoms with Crippen molar-refractivity contribution in [1.82, 2.24) is 19.6 Å². The quantitative estimate of drug-likeness (QED) is 0.349. The van der Waals surface area contributed by atoms with Crippen LogP contribution < -0.4 is 4.90 Å². The van der Waals surface area contributed by atoms with Gasteiger partial charge in [0.25, 0.3) is 0 Å². The summed E-state index contributed by atoms with van der Waals surface area (Å²) in [5, 5.41) is 14.8. The van der Waals surface area contributed by atoms with Crippen molar-refractivity contribution in [2.75, 3.05) is 31.2 Å². The Balaban J connectivity index is 1.36. The number of nitrogens with zero attached hydrogens (tertiary/aromatic N) is 7. The number of hydrogen-bond donors (Lipinski definition) is 0. The topological polar surface area (TPSA) is 93.4 Å². The van der Waals surface area contributed by atoms with Gasteiger partial charge in [0.15, 0.2) is 11.5 Å². The van der Waals surface area contributed by atoms with Crippen LogP contribution in [0.4, 0.5) is 11.6 Å². The van der Waals surface area contributed by atoms with E-state index >= 15 is 0 Å². The van der Waals surface area contributed by atoms with Crippen LogP contribution in [0.15, 0.2) is 75.6 Å². The summed E-state index contributed by atoms with van der Waals surface area (Å²) in [6.07, 6.45) is 3.52. The molecule has 1 aliphatic rings. The molecule has 0 unspecified atom stereocenters. The highest BCUT2D eigenvalue weighted by atomic mass is 16.5. The highest BCUT2D eigenvalue weighted by molar-refractivity contribution is 5.81. The number of hydrogen-bond acceptors (Lipinski definition) is 8. The van der Waals surface area contributed by atoms with E-state index in [0.717, 1.165) is 52.5 Å². The van der Waals surface area contributed by atoms with Gasteiger partial charge in [-0.2, -0.15) is 14.7 Å². The van der Waals surface area contributed by atoms with Gasteiger partial charge in [-0.25, -0.2) is 4.98 Å². The molecule has 9 heteroatoms. The summed E-state index contributed by atoms with van der Waals surface area (Å²) in [4.78, 5) is 11.1. The zero-order chi connectivity index (χ0) is 22.9. The lowest BCUT2D eigenvalue weighted by atomic mass is 10.1. The van der Waals surface area contributed by atoms with Crippen LogP contribution in [0.1, 0.15) is 11.3 Å². The fourth-order valence-corrected chi connectivity index (χ4v) is 4.23. The zero-order valence-electron chi connectivity index (χ0n) is 18.8. The van der Waals surface area contributed by atoms with Crippen molar-refractivity contribution < 1.29 is 9.15 Å². The predicted octanol–water partition coefficient (Wildman–Crippen LogP) is 4.97. The smallest absolute Gasteiger partial charge is 0.179 e. The van der Waals surface area contributed by atoms with Crippen molar-refractivity contribution in [3.8, 4) is 11.3 Å². The molecule has 5 aromatic rings. The summed E-state index contributed by atoms with van der Waals surface area (Å²) in [7, 11) is 0. The maximum atomic E-state index is 5.96. The minimum Gasteiger partial charge on any atom is -0.459 e. The Hall–Kier alpha value is -4.11. The zero-order valence-corrected chi connectivity index (χ0v) is 18.8. The first-order valence-corrected chi connectivity index (χ1v) is 11.2. The van der Waals surface area contributed by atoms with Gasteiger partial charge in [-0.3, -0.25) is 4.98 Å². The number of ether oxygens (including phenoxy) is 1. The first kappa shape index (κ1) is 20.5. The molecule has 6 rings (SSSR count). The third kappa shape index (κ3) is 3.80. The molecular formula is C25H23N7O2. The largest absolute Gasteiger partial charge is 0.459 e. The van der Waals surface area contributed by atoms with Crippen molar-refractivity contribution in [1.29, 1.82) is 0 Å². The molecule has 0 saturated carbocycles.